The number of aliphatic hydroxyl groups is 1. The molecule has 1 aromatic rings. The monoisotopic (exact) mass is 351 g/mol. The lowest BCUT2D eigenvalue weighted by atomic mass is 9.77. The highest BCUT2D eigenvalue weighted by Gasteiger charge is 2.44. The molecule has 3 heterocycles. The second-order valence-electron chi connectivity index (χ2n) is 7.57. The largest absolute Gasteiger partial charge is 0.391 e. The summed E-state index contributed by atoms with van der Waals surface area (Å²) >= 11 is 5.89. The molecule has 0 spiro atoms. The molecule has 1 N–H and O–H groups in total. The van der Waals surface area contributed by atoms with Crippen LogP contribution in [-0.4, -0.2) is 83.3 Å². The Morgan fingerprint density at radius 2 is 1.67 bits per heavy atom. The molecule has 1 aromatic heterocycles. The summed E-state index contributed by atoms with van der Waals surface area (Å²) in [6.07, 6.45) is 5.09. The Balaban J connectivity index is 1.42. The maximum Gasteiger partial charge on any atom is 0.225 e. The lowest BCUT2D eigenvalue weighted by Gasteiger charge is -2.44. The van der Waals surface area contributed by atoms with Gasteiger partial charge in [0.2, 0.25) is 5.95 Å². The predicted molar refractivity (Wildman–Crippen MR) is 94.3 cm³/mol. The van der Waals surface area contributed by atoms with Crippen molar-refractivity contribution in [3.8, 4) is 0 Å². The van der Waals surface area contributed by atoms with Crippen molar-refractivity contribution in [2.24, 2.45) is 11.8 Å². The van der Waals surface area contributed by atoms with Crippen LogP contribution in [0.2, 0.25) is 5.02 Å². The van der Waals surface area contributed by atoms with E-state index in [0.29, 0.717) is 22.9 Å². The summed E-state index contributed by atoms with van der Waals surface area (Å²) in [5.41, 5.74) is 0. The minimum atomic E-state index is -0.208. The van der Waals surface area contributed by atoms with Crippen LogP contribution in [0, 0.1) is 11.8 Å². The maximum atomic E-state index is 10.7. The van der Waals surface area contributed by atoms with Crippen LogP contribution in [0.25, 0.3) is 0 Å². The quantitative estimate of drug-likeness (QED) is 0.856. The third-order valence-electron chi connectivity index (χ3n) is 6.01. The van der Waals surface area contributed by atoms with E-state index in [-0.39, 0.29) is 6.10 Å². The van der Waals surface area contributed by atoms with Crippen molar-refractivity contribution >= 4 is 17.5 Å². The SMILES string of the molecule is CN1CCN([C@@H]2C[C@@H]3CN(c4ncc(Cl)cn4)C[C@@H]3C[C@H]2O)CC1. The molecule has 0 aromatic carbocycles. The summed E-state index contributed by atoms with van der Waals surface area (Å²) in [6, 6.07) is 0.311. The number of halogens is 1. The Morgan fingerprint density at radius 1 is 1.04 bits per heavy atom. The summed E-state index contributed by atoms with van der Waals surface area (Å²) in [5, 5.41) is 11.3. The number of likely N-dealkylation sites (N-methyl/N-ethyl adjacent to an activating group) is 1. The normalized spacial score (nSPS) is 35.2. The van der Waals surface area contributed by atoms with Crippen molar-refractivity contribution in [3.63, 3.8) is 0 Å². The lowest BCUT2D eigenvalue weighted by Crippen LogP contribution is -2.55. The molecule has 4 atom stereocenters. The molecule has 3 fully saturated rings. The van der Waals surface area contributed by atoms with Crippen molar-refractivity contribution in [1.29, 1.82) is 0 Å². The number of hydrogen-bond donors (Lipinski definition) is 1. The van der Waals surface area contributed by atoms with Gasteiger partial charge < -0.3 is 14.9 Å². The second-order valence-corrected chi connectivity index (χ2v) is 8.01. The van der Waals surface area contributed by atoms with E-state index in [1.165, 1.54) is 0 Å². The van der Waals surface area contributed by atoms with Crippen molar-refractivity contribution in [2.75, 3.05) is 51.2 Å². The molecule has 0 amide bonds. The van der Waals surface area contributed by atoms with Crippen molar-refractivity contribution in [3.05, 3.63) is 17.4 Å². The first-order valence-corrected chi connectivity index (χ1v) is 9.31. The van der Waals surface area contributed by atoms with Gasteiger partial charge in [-0.2, -0.15) is 0 Å². The van der Waals surface area contributed by atoms with E-state index in [9.17, 15) is 5.11 Å². The van der Waals surface area contributed by atoms with Crippen LogP contribution in [0.15, 0.2) is 12.4 Å². The van der Waals surface area contributed by atoms with Gasteiger partial charge in [0.15, 0.2) is 0 Å². The topological polar surface area (TPSA) is 55.7 Å². The second kappa shape index (κ2) is 6.75. The van der Waals surface area contributed by atoms with E-state index >= 15 is 0 Å². The van der Waals surface area contributed by atoms with Gasteiger partial charge in [-0.1, -0.05) is 11.6 Å². The zero-order chi connectivity index (χ0) is 16.7. The fraction of sp³-hybridized carbons (Fsp3) is 0.765. The van der Waals surface area contributed by atoms with Crippen LogP contribution >= 0.6 is 11.6 Å². The fourth-order valence-corrected chi connectivity index (χ4v) is 4.68. The minimum absolute atomic E-state index is 0.208. The first kappa shape index (κ1) is 16.5. The number of piperazine rings is 1. The van der Waals surface area contributed by atoms with Gasteiger partial charge in [-0.05, 0) is 31.7 Å². The Morgan fingerprint density at radius 3 is 2.33 bits per heavy atom. The van der Waals surface area contributed by atoms with Gasteiger partial charge in [-0.15, -0.1) is 0 Å². The van der Waals surface area contributed by atoms with Gasteiger partial charge in [-0.25, -0.2) is 9.97 Å². The van der Waals surface area contributed by atoms with Gasteiger partial charge in [0, 0.05) is 45.3 Å². The molecule has 4 rings (SSSR count). The summed E-state index contributed by atoms with van der Waals surface area (Å²) in [4.78, 5) is 15.8. The molecule has 0 unspecified atom stereocenters. The maximum absolute atomic E-state index is 10.7. The predicted octanol–water partition coefficient (Wildman–Crippen LogP) is 0.953. The zero-order valence-electron chi connectivity index (χ0n) is 14.2. The molecular formula is C17H26ClN5O. The summed E-state index contributed by atoms with van der Waals surface area (Å²) in [5.74, 6) is 1.93. The van der Waals surface area contributed by atoms with E-state index in [2.05, 4.69) is 31.7 Å². The highest BCUT2D eigenvalue weighted by molar-refractivity contribution is 6.30. The molecule has 24 heavy (non-hydrogen) atoms. The average molecular weight is 352 g/mol. The molecule has 2 saturated heterocycles. The number of aliphatic hydroxyl groups excluding tert-OH is 1. The van der Waals surface area contributed by atoms with Gasteiger partial charge in [0.25, 0.3) is 0 Å². The van der Waals surface area contributed by atoms with Crippen LogP contribution in [-0.2, 0) is 0 Å². The van der Waals surface area contributed by atoms with Gasteiger partial charge >= 0.3 is 0 Å². The highest BCUT2D eigenvalue weighted by Crippen LogP contribution is 2.39. The molecular weight excluding hydrogens is 326 g/mol. The van der Waals surface area contributed by atoms with E-state index in [0.717, 1.165) is 58.1 Å². The van der Waals surface area contributed by atoms with E-state index in [4.69, 9.17) is 11.6 Å². The summed E-state index contributed by atoms with van der Waals surface area (Å²) < 4.78 is 0. The van der Waals surface area contributed by atoms with Crippen molar-refractivity contribution in [1.82, 2.24) is 19.8 Å². The molecule has 1 saturated carbocycles. The Hall–Kier alpha value is -0.950. The number of anilines is 1. The molecule has 1 aliphatic carbocycles. The molecule has 7 heteroatoms. The van der Waals surface area contributed by atoms with E-state index < -0.39 is 0 Å². The highest BCUT2D eigenvalue weighted by atomic mass is 35.5. The zero-order valence-corrected chi connectivity index (χ0v) is 14.9. The smallest absolute Gasteiger partial charge is 0.225 e. The first-order chi connectivity index (χ1) is 11.6. The van der Waals surface area contributed by atoms with Gasteiger partial charge in [-0.3, -0.25) is 4.90 Å². The fourth-order valence-electron chi connectivity index (χ4n) is 4.59. The van der Waals surface area contributed by atoms with Crippen LogP contribution in [0.1, 0.15) is 12.8 Å². The van der Waals surface area contributed by atoms with E-state index in [1.807, 2.05) is 0 Å². The minimum Gasteiger partial charge on any atom is -0.391 e. The number of nitrogens with zero attached hydrogens (tertiary/aromatic N) is 5. The Labute approximate surface area is 148 Å². The molecule has 132 valence electrons. The van der Waals surface area contributed by atoms with Crippen LogP contribution in [0.5, 0.6) is 0 Å². The summed E-state index contributed by atoms with van der Waals surface area (Å²) in [7, 11) is 2.17. The number of fused-ring (bicyclic) bond motifs is 1. The van der Waals surface area contributed by atoms with Gasteiger partial charge in [0.1, 0.15) is 0 Å². The standard InChI is InChI=1S/C17H26ClN5O/c1-21-2-4-22(5-3-21)15-6-12-10-23(11-13(12)7-16(15)24)17-19-8-14(18)9-20-17/h8-9,12-13,15-16,24H,2-7,10-11H2,1H3/t12-,13+,15-,16-/m1/s1. The first-order valence-electron chi connectivity index (χ1n) is 8.93. The van der Waals surface area contributed by atoms with Crippen molar-refractivity contribution in [2.45, 2.75) is 25.0 Å². The molecule has 0 bridgehead atoms. The lowest BCUT2D eigenvalue weighted by molar-refractivity contribution is -0.0249. The Bertz CT molecular complexity index is 563. The van der Waals surface area contributed by atoms with Crippen LogP contribution < -0.4 is 4.90 Å². The van der Waals surface area contributed by atoms with Crippen LogP contribution in [0.3, 0.4) is 0 Å². The molecule has 3 aliphatic rings. The van der Waals surface area contributed by atoms with Crippen molar-refractivity contribution < 1.29 is 5.11 Å². The third-order valence-corrected chi connectivity index (χ3v) is 6.20. The third kappa shape index (κ3) is 3.25. The number of aromatic nitrogens is 2. The van der Waals surface area contributed by atoms with E-state index in [1.54, 1.807) is 12.4 Å². The van der Waals surface area contributed by atoms with Crippen LogP contribution in [0.4, 0.5) is 5.95 Å². The molecule has 0 radical (unpaired) electrons. The Kier molecular flexibility index (Phi) is 4.64. The number of hydrogen-bond acceptors (Lipinski definition) is 6. The average Bonchev–Trinajstić information content (AvgIpc) is 2.98. The number of rotatable bonds is 2. The van der Waals surface area contributed by atoms with Gasteiger partial charge in [0.05, 0.1) is 23.5 Å². The molecule has 2 aliphatic heterocycles. The molecule has 6 nitrogen and oxygen atoms in total. The summed E-state index contributed by atoms with van der Waals surface area (Å²) in [6.45, 7) is 6.27.